The molecule has 0 aliphatic heterocycles. The van der Waals surface area contributed by atoms with Gasteiger partial charge >= 0.3 is 0 Å². The third-order valence-electron chi connectivity index (χ3n) is 9.11. The minimum atomic E-state index is 0.647. The fourth-order valence-electron chi connectivity index (χ4n) is 6.89. The summed E-state index contributed by atoms with van der Waals surface area (Å²) >= 11 is 1.72. The number of nitrogens with zero attached hydrogens (tertiary/aromatic N) is 2. The molecule has 1 heterocycles. The molecule has 47 heavy (non-hydrogen) atoms. The number of nitriles is 1. The average Bonchev–Trinajstić information content (AvgIpc) is 3.58. The molecule has 0 radical (unpaired) electrons. The van der Waals surface area contributed by atoms with Crippen molar-refractivity contribution in [1.29, 1.82) is 5.26 Å². The van der Waals surface area contributed by atoms with Gasteiger partial charge in [0.05, 0.1) is 21.8 Å². The number of hydrogen-bond acceptors (Lipinski definition) is 3. The Balaban J connectivity index is 1.17. The van der Waals surface area contributed by atoms with Crippen LogP contribution in [0.15, 0.2) is 158 Å². The van der Waals surface area contributed by atoms with E-state index in [2.05, 4.69) is 146 Å². The molecule has 0 N–H and O–H groups in total. The average molecular weight is 615 g/mol. The van der Waals surface area contributed by atoms with Crippen LogP contribution in [0.25, 0.3) is 86.5 Å². The molecule has 9 rings (SSSR count). The smallest absolute Gasteiger partial charge is 0.124 e. The van der Waals surface area contributed by atoms with Crippen molar-refractivity contribution in [2.75, 3.05) is 0 Å². The van der Waals surface area contributed by atoms with Crippen LogP contribution < -0.4 is 0 Å². The lowest BCUT2D eigenvalue weighted by atomic mass is 9.88. The Morgan fingerprint density at radius 2 is 1.00 bits per heavy atom. The Bertz CT molecular complexity index is 2660. The molecule has 2 nitrogen and oxygen atoms in total. The van der Waals surface area contributed by atoms with Crippen LogP contribution in [-0.4, -0.2) is 4.98 Å². The predicted octanol–water partition coefficient (Wildman–Crippen LogP) is 12.3. The van der Waals surface area contributed by atoms with E-state index >= 15 is 0 Å². The number of hydrogen-bond donors (Lipinski definition) is 0. The molecule has 0 aliphatic rings. The zero-order valence-corrected chi connectivity index (χ0v) is 26.1. The Kier molecular flexibility index (Phi) is 6.42. The van der Waals surface area contributed by atoms with E-state index in [4.69, 9.17) is 4.98 Å². The van der Waals surface area contributed by atoms with Gasteiger partial charge < -0.3 is 0 Å². The van der Waals surface area contributed by atoms with Crippen molar-refractivity contribution in [3.8, 4) is 50.0 Å². The molecular formula is C44H26N2S. The summed E-state index contributed by atoms with van der Waals surface area (Å²) < 4.78 is 1.20. The van der Waals surface area contributed by atoms with Crippen molar-refractivity contribution in [2.24, 2.45) is 0 Å². The first kappa shape index (κ1) is 27.2. The normalized spacial score (nSPS) is 11.4. The highest BCUT2D eigenvalue weighted by Gasteiger charge is 2.15. The molecule has 0 spiro atoms. The van der Waals surface area contributed by atoms with Crippen molar-refractivity contribution in [3.05, 3.63) is 163 Å². The van der Waals surface area contributed by atoms with Gasteiger partial charge in [0, 0.05) is 5.56 Å². The number of para-hydroxylation sites is 1. The first-order chi connectivity index (χ1) is 23.2. The molecule has 0 fully saturated rings. The largest absolute Gasteiger partial charge is 0.236 e. The lowest BCUT2D eigenvalue weighted by Gasteiger charge is -2.15. The second kappa shape index (κ2) is 11.1. The Labute approximate surface area is 276 Å². The van der Waals surface area contributed by atoms with Crippen molar-refractivity contribution in [2.45, 2.75) is 0 Å². The van der Waals surface area contributed by atoms with E-state index in [1.807, 2.05) is 18.2 Å². The number of aromatic nitrogens is 1. The van der Waals surface area contributed by atoms with Crippen LogP contribution in [0.1, 0.15) is 5.56 Å². The summed E-state index contributed by atoms with van der Waals surface area (Å²) in [5.41, 5.74) is 9.46. The van der Waals surface area contributed by atoms with Crippen LogP contribution in [0.5, 0.6) is 0 Å². The zero-order valence-electron chi connectivity index (χ0n) is 25.3. The van der Waals surface area contributed by atoms with Crippen LogP contribution in [0.3, 0.4) is 0 Å². The van der Waals surface area contributed by atoms with E-state index in [1.54, 1.807) is 11.3 Å². The molecule has 0 atom stereocenters. The maximum absolute atomic E-state index is 10.2. The second-order valence-electron chi connectivity index (χ2n) is 11.9. The summed E-state index contributed by atoms with van der Waals surface area (Å²) in [6, 6.07) is 58.1. The minimum absolute atomic E-state index is 0.647. The molecule has 0 aliphatic carbocycles. The fraction of sp³-hybridized carbons (Fsp3) is 0. The van der Waals surface area contributed by atoms with Gasteiger partial charge in [0.1, 0.15) is 5.01 Å². The number of thiazole rings is 1. The number of benzene rings is 8. The summed E-state index contributed by atoms with van der Waals surface area (Å²) in [6.07, 6.45) is 0. The summed E-state index contributed by atoms with van der Waals surface area (Å²) in [4.78, 5) is 4.85. The maximum atomic E-state index is 10.2. The molecule has 3 heteroatoms. The Hall–Kier alpha value is -6.08. The van der Waals surface area contributed by atoms with Crippen LogP contribution >= 0.6 is 11.3 Å². The summed E-state index contributed by atoms with van der Waals surface area (Å²) in [6.45, 7) is 0. The number of fused-ring (bicyclic) bond motifs is 5. The van der Waals surface area contributed by atoms with E-state index < -0.39 is 0 Å². The van der Waals surface area contributed by atoms with Crippen molar-refractivity contribution in [1.82, 2.24) is 4.98 Å². The number of rotatable bonds is 4. The van der Waals surface area contributed by atoms with Gasteiger partial charge in [-0.25, -0.2) is 4.98 Å². The highest BCUT2D eigenvalue weighted by molar-refractivity contribution is 7.21. The Morgan fingerprint density at radius 3 is 1.70 bits per heavy atom. The molecule has 0 saturated carbocycles. The van der Waals surface area contributed by atoms with E-state index in [1.165, 1.54) is 37.2 Å². The SMILES string of the molecule is N#Cc1cc(-c2ccc(-c3ccc(-c4nc5ccccc5s4)cc3)c3ccccc23)cc(-c2cc3ccccc3c3ccccc23)c1. The van der Waals surface area contributed by atoms with Crippen molar-refractivity contribution < 1.29 is 0 Å². The van der Waals surface area contributed by atoms with E-state index in [-0.39, 0.29) is 0 Å². The van der Waals surface area contributed by atoms with E-state index in [0.717, 1.165) is 49.3 Å². The second-order valence-corrected chi connectivity index (χ2v) is 12.9. The first-order valence-electron chi connectivity index (χ1n) is 15.7. The van der Waals surface area contributed by atoms with Crippen molar-refractivity contribution in [3.63, 3.8) is 0 Å². The van der Waals surface area contributed by atoms with Gasteiger partial charge in [-0.2, -0.15) is 5.26 Å². The molecule has 1 aromatic heterocycles. The third-order valence-corrected chi connectivity index (χ3v) is 10.2. The monoisotopic (exact) mass is 614 g/mol. The Morgan fingerprint density at radius 1 is 0.447 bits per heavy atom. The third kappa shape index (κ3) is 4.67. The molecule has 0 saturated heterocycles. The molecule has 0 bridgehead atoms. The lowest BCUT2D eigenvalue weighted by Crippen LogP contribution is -1.90. The molecule has 9 aromatic rings. The van der Waals surface area contributed by atoms with Crippen molar-refractivity contribution >= 4 is 53.9 Å². The maximum Gasteiger partial charge on any atom is 0.124 e. The van der Waals surface area contributed by atoms with Gasteiger partial charge in [-0.3, -0.25) is 0 Å². The summed E-state index contributed by atoms with van der Waals surface area (Å²) in [5, 5.41) is 18.4. The highest BCUT2D eigenvalue weighted by Crippen LogP contribution is 2.40. The van der Waals surface area contributed by atoms with Gasteiger partial charge in [-0.1, -0.05) is 121 Å². The van der Waals surface area contributed by atoms with Crippen LogP contribution in [0.4, 0.5) is 0 Å². The van der Waals surface area contributed by atoms with Crippen LogP contribution in [0, 0.1) is 11.3 Å². The van der Waals surface area contributed by atoms with Gasteiger partial charge in [-0.15, -0.1) is 11.3 Å². The van der Waals surface area contributed by atoms with Gasteiger partial charge in [0.15, 0.2) is 0 Å². The van der Waals surface area contributed by atoms with Gasteiger partial charge in [0.2, 0.25) is 0 Å². The fourth-order valence-corrected chi connectivity index (χ4v) is 7.86. The molecular weight excluding hydrogens is 589 g/mol. The first-order valence-corrected chi connectivity index (χ1v) is 16.5. The van der Waals surface area contributed by atoms with Gasteiger partial charge in [0.25, 0.3) is 0 Å². The van der Waals surface area contributed by atoms with E-state index in [0.29, 0.717) is 5.56 Å². The topological polar surface area (TPSA) is 36.7 Å². The molecule has 0 unspecified atom stereocenters. The van der Waals surface area contributed by atoms with Gasteiger partial charge in [-0.05, 0) is 102 Å². The summed E-state index contributed by atoms with van der Waals surface area (Å²) in [7, 11) is 0. The molecule has 218 valence electrons. The zero-order chi connectivity index (χ0) is 31.3. The quantitative estimate of drug-likeness (QED) is 0.185. The van der Waals surface area contributed by atoms with Crippen LogP contribution in [-0.2, 0) is 0 Å². The summed E-state index contributed by atoms with van der Waals surface area (Å²) in [5.74, 6) is 0. The highest BCUT2D eigenvalue weighted by atomic mass is 32.1. The van der Waals surface area contributed by atoms with E-state index in [9.17, 15) is 5.26 Å². The lowest BCUT2D eigenvalue weighted by molar-refractivity contribution is 1.48. The molecule has 0 amide bonds. The predicted molar refractivity (Wildman–Crippen MR) is 199 cm³/mol. The van der Waals surface area contributed by atoms with Crippen LogP contribution in [0.2, 0.25) is 0 Å². The standard InChI is InChI=1S/C44H26N2S/c45-27-28-23-32(25-33(24-28)41-26-31-9-1-2-10-34(31)37-11-5-6-14-40(37)41)36-22-21-35(38-12-3-4-13-39(36)38)29-17-19-30(20-18-29)44-46-42-15-7-8-16-43(42)47-44/h1-26H. The minimum Gasteiger partial charge on any atom is -0.236 e. The molecule has 8 aromatic carbocycles.